The van der Waals surface area contributed by atoms with Crippen molar-refractivity contribution in [3.8, 4) is 0 Å². The molecule has 0 bridgehead atoms. The highest BCUT2D eigenvalue weighted by molar-refractivity contribution is 8.00. The largest absolute Gasteiger partial charge is 0.341 e. The van der Waals surface area contributed by atoms with Crippen molar-refractivity contribution in [2.75, 3.05) is 13.1 Å². The van der Waals surface area contributed by atoms with E-state index >= 15 is 0 Å². The smallest absolute Gasteiger partial charge is 0.238 e. The average molecular weight is 388 g/mol. The summed E-state index contributed by atoms with van der Waals surface area (Å²) in [5.41, 5.74) is 2.42. The molecule has 1 fully saturated rings. The highest BCUT2D eigenvalue weighted by Crippen LogP contribution is 2.34. The van der Waals surface area contributed by atoms with Gasteiger partial charge >= 0.3 is 0 Å². The van der Waals surface area contributed by atoms with Crippen molar-refractivity contribution in [1.29, 1.82) is 0 Å². The Morgan fingerprint density at radius 2 is 1.85 bits per heavy atom. The van der Waals surface area contributed by atoms with Gasteiger partial charge in [0.15, 0.2) is 0 Å². The first kappa shape index (κ1) is 19.3. The molecule has 2 aromatic carbocycles. The third-order valence-corrected chi connectivity index (χ3v) is 6.76. The molecule has 1 heterocycles. The van der Waals surface area contributed by atoms with E-state index in [4.69, 9.17) is 11.6 Å². The molecule has 0 aliphatic carbocycles. The van der Waals surface area contributed by atoms with E-state index in [1.165, 1.54) is 5.56 Å². The van der Waals surface area contributed by atoms with Crippen molar-refractivity contribution in [2.45, 2.75) is 43.1 Å². The zero-order chi connectivity index (χ0) is 18.6. The van der Waals surface area contributed by atoms with Crippen molar-refractivity contribution in [1.82, 2.24) is 4.90 Å². The Bertz CT molecular complexity index is 747. The summed E-state index contributed by atoms with van der Waals surface area (Å²) in [7, 11) is 0. The molecule has 3 rings (SSSR count). The Hall–Kier alpha value is -1.45. The minimum absolute atomic E-state index is 0.232. The fourth-order valence-electron chi connectivity index (χ4n) is 3.48. The van der Waals surface area contributed by atoms with E-state index in [9.17, 15) is 4.79 Å². The van der Waals surface area contributed by atoms with Crippen molar-refractivity contribution in [3.05, 3.63) is 70.7 Å². The van der Waals surface area contributed by atoms with Gasteiger partial charge in [0.2, 0.25) is 5.91 Å². The van der Waals surface area contributed by atoms with Gasteiger partial charge in [0, 0.05) is 29.8 Å². The van der Waals surface area contributed by atoms with Gasteiger partial charge in [0.25, 0.3) is 0 Å². The quantitative estimate of drug-likeness (QED) is 0.650. The van der Waals surface area contributed by atoms with Crippen molar-refractivity contribution < 1.29 is 4.79 Å². The summed E-state index contributed by atoms with van der Waals surface area (Å²) in [6.07, 6.45) is 2.22. The van der Waals surface area contributed by atoms with Gasteiger partial charge in [0.05, 0.1) is 4.75 Å². The normalized spacial score (nSPS) is 18.0. The lowest BCUT2D eigenvalue weighted by atomic mass is 9.90. The first-order chi connectivity index (χ1) is 12.5. The molecule has 1 unspecified atom stereocenters. The lowest BCUT2D eigenvalue weighted by Gasteiger charge is -2.37. The molecule has 138 valence electrons. The van der Waals surface area contributed by atoms with Crippen LogP contribution in [0.4, 0.5) is 0 Å². The minimum atomic E-state index is -0.461. The monoisotopic (exact) mass is 387 g/mol. The number of amides is 1. The van der Waals surface area contributed by atoms with Gasteiger partial charge in [-0.1, -0.05) is 60.1 Å². The van der Waals surface area contributed by atoms with E-state index in [0.717, 1.165) is 42.3 Å². The number of thioether (sulfide) groups is 1. The van der Waals surface area contributed by atoms with Crippen LogP contribution < -0.4 is 0 Å². The number of benzene rings is 2. The standard InChI is InChI=1S/C22H26ClNOS/c1-22(2,26-16-19-11-6-7-13-20(19)23)21(25)24-14-8-12-18(15-24)17-9-4-3-5-10-17/h3-7,9-11,13,18H,8,12,14-16H2,1-2H3. The van der Waals surface area contributed by atoms with Crippen molar-refractivity contribution >= 4 is 29.3 Å². The molecule has 1 saturated heterocycles. The van der Waals surface area contributed by atoms with E-state index in [2.05, 4.69) is 29.2 Å². The molecule has 1 aliphatic rings. The molecule has 0 N–H and O–H groups in total. The van der Waals surface area contributed by atoms with Gasteiger partial charge in [-0.2, -0.15) is 0 Å². The van der Waals surface area contributed by atoms with Gasteiger partial charge in [0.1, 0.15) is 0 Å². The number of rotatable bonds is 5. The summed E-state index contributed by atoms with van der Waals surface area (Å²) in [5.74, 6) is 1.42. The SMILES string of the molecule is CC(C)(SCc1ccccc1Cl)C(=O)N1CCCC(c2ccccc2)C1. The maximum absolute atomic E-state index is 13.2. The Morgan fingerprint density at radius 3 is 2.58 bits per heavy atom. The molecule has 0 aromatic heterocycles. The number of nitrogens with zero attached hydrogens (tertiary/aromatic N) is 1. The first-order valence-corrected chi connectivity index (χ1v) is 10.6. The topological polar surface area (TPSA) is 20.3 Å². The van der Waals surface area contributed by atoms with Crippen LogP contribution in [0.2, 0.25) is 5.02 Å². The molecule has 1 atom stereocenters. The number of likely N-dealkylation sites (tertiary alicyclic amines) is 1. The molecular formula is C22H26ClNOS. The Balaban J connectivity index is 1.64. The molecule has 26 heavy (non-hydrogen) atoms. The summed E-state index contributed by atoms with van der Waals surface area (Å²) in [5, 5.41) is 0.769. The fourth-order valence-corrected chi connectivity index (χ4v) is 4.78. The summed E-state index contributed by atoms with van der Waals surface area (Å²) < 4.78 is -0.461. The van der Waals surface area contributed by atoms with Gasteiger partial charge in [-0.05, 0) is 43.9 Å². The molecule has 1 aliphatic heterocycles. The van der Waals surface area contributed by atoms with Crippen LogP contribution in [0, 0.1) is 0 Å². The number of carbonyl (C=O) groups excluding carboxylic acids is 1. The fraction of sp³-hybridized carbons (Fsp3) is 0.409. The summed E-state index contributed by atoms with van der Waals surface area (Å²) in [6, 6.07) is 18.4. The highest BCUT2D eigenvalue weighted by Gasteiger charge is 2.35. The Kier molecular flexibility index (Phi) is 6.31. The molecule has 0 spiro atoms. The average Bonchev–Trinajstić information content (AvgIpc) is 2.67. The number of piperidine rings is 1. The summed E-state index contributed by atoms with van der Waals surface area (Å²) >= 11 is 7.93. The van der Waals surface area contributed by atoms with Crippen LogP contribution in [-0.2, 0) is 10.5 Å². The van der Waals surface area contributed by atoms with Crippen LogP contribution in [0.5, 0.6) is 0 Å². The third-order valence-electron chi connectivity index (χ3n) is 5.04. The third kappa shape index (κ3) is 4.63. The number of carbonyl (C=O) groups is 1. The van der Waals surface area contributed by atoms with Crippen LogP contribution in [0.25, 0.3) is 0 Å². The second kappa shape index (κ2) is 8.49. The first-order valence-electron chi connectivity index (χ1n) is 9.19. The van der Waals surface area contributed by atoms with Crippen LogP contribution in [0.1, 0.15) is 43.7 Å². The summed E-state index contributed by atoms with van der Waals surface area (Å²) in [4.78, 5) is 15.2. The van der Waals surface area contributed by atoms with Gasteiger partial charge in [-0.25, -0.2) is 0 Å². The molecule has 2 aromatic rings. The van der Waals surface area contributed by atoms with E-state index < -0.39 is 4.75 Å². The van der Waals surface area contributed by atoms with E-state index in [-0.39, 0.29) is 5.91 Å². The van der Waals surface area contributed by atoms with Gasteiger partial charge in [-0.15, -0.1) is 11.8 Å². The second-order valence-corrected chi connectivity index (χ2v) is 9.40. The second-order valence-electron chi connectivity index (χ2n) is 7.39. The minimum Gasteiger partial charge on any atom is -0.341 e. The van der Waals surface area contributed by atoms with E-state index in [0.29, 0.717) is 5.92 Å². The van der Waals surface area contributed by atoms with Crippen LogP contribution in [0.3, 0.4) is 0 Å². The van der Waals surface area contributed by atoms with Crippen LogP contribution >= 0.6 is 23.4 Å². The lowest BCUT2D eigenvalue weighted by Crippen LogP contribution is -2.47. The lowest BCUT2D eigenvalue weighted by molar-refractivity contribution is -0.134. The van der Waals surface area contributed by atoms with Gasteiger partial charge < -0.3 is 4.90 Å². The molecule has 0 radical (unpaired) electrons. The molecule has 4 heteroatoms. The molecule has 1 amide bonds. The van der Waals surface area contributed by atoms with E-state index in [1.54, 1.807) is 11.8 Å². The summed E-state index contributed by atoms with van der Waals surface area (Å²) in [6.45, 7) is 5.74. The molecule has 2 nitrogen and oxygen atoms in total. The van der Waals surface area contributed by atoms with Crippen LogP contribution in [-0.4, -0.2) is 28.6 Å². The number of hydrogen-bond donors (Lipinski definition) is 0. The zero-order valence-electron chi connectivity index (χ0n) is 15.5. The highest BCUT2D eigenvalue weighted by atomic mass is 35.5. The van der Waals surface area contributed by atoms with Crippen molar-refractivity contribution in [3.63, 3.8) is 0 Å². The Morgan fingerprint density at radius 1 is 1.15 bits per heavy atom. The van der Waals surface area contributed by atoms with E-state index in [1.807, 2.05) is 44.2 Å². The Labute approximate surface area is 165 Å². The number of hydrogen-bond acceptors (Lipinski definition) is 2. The predicted molar refractivity (Wildman–Crippen MR) is 112 cm³/mol. The van der Waals surface area contributed by atoms with Crippen molar-refractivity contribution in [2.24, 2.45) is 0 Å². The molecule has 0 saturated carbocycles. The van der Waals surface area contributed by atoms with Gasteiger partial charge in [-0.3, -0.25) is 4.79 Å². The predicted octanol–water partition coefficient (Wildman–Crippen LogP) is 5.76. The number of halogens is 1. The maximum atomic E-state index is 13.2. The molecular weight excluding hydrogens is 362 g/mol. The zero-order valence-corrected chi connectivity index (χ0v) is 17.0. The van der Waals surface area contributed by atoms with Crippen LogP contribution in [0.15, 0.2) is 54.6 Å². The maximum Gasteiger partial charge on any atom is 0.238 e.